The molecule has 0 amide bonds. The first-order valence-corrected chi connectivity index (χ1v) is 8.53. The minimum absolute atomic E-state index is 0.0941. The first-order chi connectivity index (χ1) is 13.5. The van der Waals surface area contributed by atoms with E-state index in [2.05, 4.69) is 0 Å². The highest BCUT2D eigenvalue weighted by atomic mass is 16.6. The smallest absolute Gasteiger partial charge is 0.349 e. The fourth-order valence-corrected chi connectivity index (χ4v) is 2.67. The van der Waals surface area contributed by atoms with Gasteiger partial charge in [-0.25, -0.2) is 9.59 Å². The highest BCUT2D eigenvalue weighted by Crippen LogP contribution is 2.27. The molecule has 6 nitrogen and oxygen atoms in total. The van der Waals surface area contributed by atoms with E-state index in [1.54, 1.807) is 36.4 Å². The molecule has 0 unspecified atom stereocenters. The van der Waals surface area contributed by atoms with Crippen molar-refractivity contribution in [2.75, 3.05) is 13.7 Å². The van der Waals surface area contributed by atoms with Crippen molar-refractivity contribution >= 4 is 28.5 Å². The van der Waals surface area contributed by atoms with Crippen LogP contribution in [0.25, 0.3) is 10.8 Å². The lowest BCUT2D eigenvalue weighted by molar-refractivity contribution is -0.136. The molecule has 0 heterocycles. The highest BCUT2D eigenvalue weighted by molar-refractivity contribution is 5.99. The van der Waals surface area contributed by atoms with E-state index in [9.17, 15) is 14.4 Å². The number of fused-ring (bicyclic) bond motifs is 1. The molecule has 3 aromatic rings. The van der Waals surface area contributed by atoms with Gasteiger partial charge in [-0.3, -0.25) is 4.79 Å². The average Bonchev–Trinajstić information content (AvgIpc) is 2.71. The molecule has 28 heavy (non-hydrogen) atoms. The van der Waals surface area contributed by atoms with Crippen LogP contribution in [0.1, 0.15) is 27.6 Å². The van der Waals surface area contributed by atoms with Crippen LogP contribution >= 0.6 is 0 Å². The predicted molar refractivity (Wildman–Crippen MR) is 103 cm³/mol. The summed E-state index contributed by atoms with van der Waals surface area (Å²) in [6, 6.07) is 17.1. The number of ether oxygens (including phenoxy) is 3. The van der Waals surface area contributed by atoms with Gasteiger partial charge in [0, 0.05) is 5.56 Å². The topological polar surface area (TPSA) is 78.9 Å². The molecule has 0 saturated carbocycles. The fourth-order valence-electron chi connectivity index (χ4n) is 2.67. The Labute approximate surface area is 161 Å². The molecular weight excluding hydrogens is 360 g/mol. The van der Waals surface area contributed by atoms with Crippen molar-refractivity contribution in [3.8, 4) is 11.5 Å². The Morgan fingerprint density at radius 1 is 0.893 bits per heavy atom. The van der Waals surface area contributed by atoms with Crippen molar-refractivity contribution < 1.29 is 28.6 Å². The largest absolute Gasteiger partial charge is 0.482 e. The standard InChI is InChI=1S/C22H18O6/c1-14(23)15-8-5-9-18(10-15)27-13-21(24)28-20-12-17-7-4-3-6-16(17)11-19(20)22(25)26-2/h3-12H,13H2,1-2H3. The van der Waals surface area contributed by atoms with Gasteiger partial charge < -0.3 is 14.2 Å². The molecule has 0 radical (unpaired) electrons. The Balaban J connectivity index is 1.77. The molecule has 0 fully saturated rings. The summed E-state index contributed by atoms with van der Waals surface area (Å²) in [6.07, 6.45) is 0. The molecular formula is C22H18O6. The average molecular weight is 378 g/mol. The minimum atomic E-state index is -0.686. The maximum absolute atomic E-state index is 12.2. The molecule has 0 N–H and O–H groups in total. The van der Waals surface area contributed by atoms with Crippen molar-refractivity contribution in [3.63, 3.8) is 0 Å². The monoisotopic (exact) mass is 378 g/mol. The van der Waals surface area contributed by atoms with Crippen molar-refractivity contribution in [2.24, 2.45) is 0 Å². The van der Waals surface area contributed by atoms with E-state index < -0.39 is 11.9 Å². The number of rotatable bonds is 6. The predicted octanol–water partition coefficient (Wildman–Crippen LogP) is 3.81. The van der Waals surface area contributed by atoms with Gasteiger partial charge >= 0.3 is 11.9 Å². The van der Waals surface area contributed by atoms with Crippen LogP contribution in [-0.2, 0) is 9.53 Å². The molecule has 3 aromatic carbocycles. The minimum Gasteiger partial charge on any atom is -0.482 e. The molecule has 0 bridgehead atoms. The summed E-state index contributed by atoms with van der Waals surface area (Å²) in [5, 5.41) is 1.63. The fraction of sp³-hybridized carbons (Fsp3) is 0.136. The molecule has 0 aromatic heterocycles. The number of ketones is 1. The number of carbonyl (C=O) groups is 3. The van der Waals surface area contributed by atoms with Crippen molar-refractivity contribution in [3.05, 3.63) is 71.8 Å². The molecule has 0 saturated heterocycles. The van der Waals surface area contributed by atoms with Crippen LogP contribution in [0.4, 0.5) is 0 Å². The number of benzene rings is 3. The van der Waals surface area contributed by atoms with Crippen LogP contribution in [0.2, 0.25) is 0 Å². The maximum Gasteiger partial charge on any atom is 0.349 e. The molecule has 0 aliphatic heterocycles. The van der Waals surface area contributed by atoms with E-state index in [4.69, 9.17) is 14.2 Å². The molecule has 0 aliphatic carbocycles. The molecule has 3 rings (SSSR count). The summed E-state index contributed by atoms with van der Waals surface area (Å²) < 4.78 is 15.5. The van der Waals surface area contributed by atoms with Gasteiger partial charge in [-0.15, -0.1) is 0 Å². The lowest BCUT2D eigenvalue weighted by Crippen LogP contribution is -2.19. The number of methoxy groups -OCH3 is 1. The molecule has 0 aliphatic rings. The summed E-state index contributed by atoms with van der Waals surface area (Å²) in [7, 11) is 1.26. The van der Waals surface area contributed by atoms with E-state index in [0.29, 0.717) is 11.3 Å². The van der Waals surface area contributed by atoms with Crippen LogP contribution < -0.4 is 9.47 Å². The molecule has 142 valence electrons. The second kappa shape index (κ2) is 8.35. The SMILES string of the molecule is COC(=O)c1cc2ccccc2cc1OC(=O)COc1cccc(C(C)=O)c1. The number of esters is 2. The Hall–Kier alpha value is -3.67. The second-order valence-corrected chi connectivity index (χ2v) is 6.03. The van der Waals surface area contributed by atoms with Gasteiger partial charge in [-0.1, -0.05) is 36.4 Å². The first kappa shape index (κ1) is 19.1. The summed E-state index contributed by atoms with van der Waals surface area (Å²) >= 11 is 0. The van der Waals surface area contributed by atoms with Gasteiger partial charge in [0.2, 0.25) is 0 Å². The van der Waals surface area contributed by atoms with Gasteiger partial charge in [0.15, 0.2) is 12.4 Å². The third-order valence-corrected chi connectivity index (χ3v) is 4.07. The highest BCUT2D eigenvalue weighted by Gasteiger charge is 2.18. The summed E-state index contributed by atoms with van der Waals surface area (Å²) in [6.45, 7) is 1.07. The van der Waals surface area contributed by atoms with Gasteiger partial charge in [-0.2, -0.15) is 0 Å². The molecule has 0 spiro atoms. The van der Waals surface area contributed by atoms with Gasteiger partial charge in [0.05, 0.1) is 7.11 Å². The number of hydrogen-bond acceptors (Lipinski definition) is 6. The van der Waals surface area contributed by atoms with Crippen LogP contribution in [0.5, 0.6) is 11.5 Å². The zero-order valence-electron chi connectivity index (χ0n) is 15.4. The van der Waals surface area contributed by atoms with Crippen LogP contribution in [0.15, 0.2) is 60.7 Å². The number of Topliss-reactive ketones (excluding diaryl/α,β-unsaturated/α-hetero) is 1. The van der Waals surface area contributed by atoms with Crippen molar-refractivity contribution in [1.29, 1.82) is 0 Å². The Bertz CT molecular complexity index is 1050. The van der Waals surface area contributed by atoms with Crippen molar-refractivity contribution in [2.45, 2.75) is 6.92 Å². The van der Waals surface area contributed by atoms with E-state index >= 15 is 0 Å². The van der Waals surface area contributed by atoms with Gasteiger partial charge in [0.25, 0.3) is 0 Å². The van der Waals surface area contributed by atoms with E-state index in [0.717, 1.165) is 10.8 Å². The zero-order valence-corrected chi connectivity index (χ0v) is 15.4. The summed E-state index contributed by atoms with van der Waals surface area (Å²) in [4.78, 5) is 35.7. The lowest BCUT2D eigenvalue weighted by atomic mass is 10.1. The van der Waals surface area contributed by atoms with Crippen LogP contribution in [-0.4, -0.2) is 31.4 Å². The Morgan fingerprint density at radius 2 is 1.61 bits per heavy atom. The van der Waals surface area contributed by atoms with E-state index in [1.807, 2.05) is 24.3 Å². The van der Waals surface area contributed by atoms with Gasteiger partial charge in [-0.05, 0) is 42.0 Å². The third-order valence-electron chi connectivity index (χ3n) is 4.07. The number of carbonyl (C=O) groups excluding carboxylic acids is 3. The molecule has 0 atom stereocenters. The van der Waals surface area contributed by atoms with E-state index in [1.165, 1.54) is 14.0 Å². The second-order valence-electron chi connectivity index (χ2n) is 6.03. The van der Waals surface area contributed by atoms with Crippen LogP contribution in [0.3, 0.4) is 0 Å². The first-order valence-electron chi connectivity index (χ1n) is 8.53. The normalized spacial score (nSPS) is 10.4. The van der Waals surface area contributed by atoms with E-state index in [-0.39, 0.29) is 23.7 Å². The summed E-state index contributed by atoms with van der Waals surface area (Å²) in [5.74, 6) is -0.933. The lowest BCUT2D eigenvalue weighted by Gasteiger charge is -2.11. The Morgan fingerprint density at radius 3 is 2.29 bits per heavy atom. The van der Waals surface area contributed by atoms with Gasteiger partial charge in [0.1, 0.15) is 17.1 Å². The van der Waals surface area contributed by atoms with Crippen LogP contribution in [0, 0.1) is 0 Å². The maximum atomic E-state index is 12.2. The van der Waals surface area contributed by atoms with Crippen molar-refractivity contribution in [1.82, 2.24) is 0 Å². The Kier molecular flexibility index (Phi) is 5.69. The zero-order chi connectivity index (χ0) is 20.1. The third kappa shape index (κ3) is 4.35. The quantitative estimate of drug-likeness (QED) is 0.369. The molecule has 6 heteroatoms. The summed E-state index contributed by atoms with van der Waals surface area (Å²) in [5.41, 5.74) is 0.626. The number of hydrogen-bond donors (Lipinski definition) is 0.